The van der Waals surface area contributed by atoms with Gasteiger partial charge < -0.3 is 5.32 Å². The topological polar surface area (TPSA) is 59.3 Å². The predicted octanol–water partition coefficient (Wildman–Crippen LogP) is 4.66. The fourth-order valence-corrected chi connectivity index (χ4v) is 4.16. The lowest BCUT2D eigenvalue weighted by atomic mass is 10.2. The number of anilines is 1. The first-order chi connectivity index (χ1) is 12.1. The van der Waals surface area contributed by atoms with E-state index in [1.807, 2.05) is 53.2 Å². The average molecular weight is 389 g/mol. The van der Waals surface area contributed by atoms with Crippen molar-refractivity contribution in [1.82, 2.24) is 13.8 Å². The minimum Gasteiger partial charge on any atom is -0.316 e. The number of thiazole rings is 1. The molecule has 3 heterocycles. The third kappa shape index (κ3) is 3.44. The maximum Gasteiger partial charge on any atom is 0.230 e. The second-order valence-electron chi connectivity index (χ2n) is 5.57. The van der Waals surface area contributed by atoms with Gasteiger partial charge in [-0.2, -0.15) is 4.37 Å². The van der Waals surface area contributed by atoms with Crippen LogP contribution in [0.25, 0.3) is 16.2 Å². The van der Waals surface area contributed by atoms with Crippen molar-refractivity contribution in [2.75, 3.05) is 5.32 Å². The van der Waals surface area contributed by atoms with Crippen molar-refractivity contribution < 1.29 is 4.79 Å². The highest BCUT2D eigenvalue weighted by molar-refractivity contribution is 7.15. The molecule has 1 amide bonds. The fourth-order valence-electron chi connectivity index (χ4n) is 2.48. The van der Waals surface area contributed by atoms with Crippen molar-refractivity contribution in [3.8, 4) is 11.3 Å². The smallest absolute Gasteiger partial charge is 0.230 e. The van der Waals surface area contributed by atoms with Crippen LogP contribution in [0.4, 0.5) is 5.00 Å². The molecule has 126 valence electrons. The zero-order valence-electron chi connectivity index (χ0n) is 13.2. The van der Waals surface area contributed by atoms with Crippen molar-refractivity contribution in [3.05, 3.63) is 58.3 Å². The molecule has 1 aromatic carbocycles. The molecule has 5 nitrogen and oxygen atoms in total. The van der Waals surface area contributed by atoms with Crippen LogP contribution in [0.5, 0.6) is 0 Å². The molecule has 8 heteroatoms. The van der Waals surface area contributed by atoms with Gasteiger partial charge >= 0.3 is 0 Å². The van der Waals surface area contributed by atoms with E-state index in [-0.39, 0.29) is 12.3 Å². The van der Waals surface area contributed by atoms with Crippen molar-refractivity contribution in [2.24, 2.45) is 0 Å². The SMILES string of the molecule is Cc1cc(NC(=O)Cc2csc3nc(-c4ccc(Cl)cc4)cn23)sn1. The molecule has 0 bridgehead atoms. The highest BCUT2D eigenvalue weighted by atomic mass is 35.5. The Labute approximate surface area is 157 Å². The van der Waals surface area contributed by atoms with E-state index in [4.69, 9.17) is 11.6 Å². The zero-order valence-corrected chi connectivity index (χ0v) is 15.6. The Balaban J connectivity index is 1.56. The summed E-state index contributed by atoms with van der Waals surface area (Å²) in [6.45, 7) is 1.90. The summed E-state index contributed by atoms with van der Waals surface area (Å²) in [5, 5.41) is 6.31. The molecule has 25 heavy (non-hydrogen) atoms. The standard InChI is InChI=1S/C17H13ClN4OS2/c1-10-6-16(25-21-10)20-15(23)7-13-9-24-17-19-14(8-22(13)17)11-2-4-12(18)5-3-11/h2-6,8-9H,7H2,1H3,(H,20,23). The molecular formula is C17H13ClN4OS2. The van der Waals surface area contributed by atoms with Gasteiger partial charge in [-0.05, 0) is 36.7 Å². The monoisotopic (exact) mass is 388 g/mol. The number of rotatable bonds is 4. The van der Waals surface area contributed by atoms with E-state index in [1.54, 1.807) is 0 Å². The van der Waals surface area contributed by atoms with Crippen LogP contribution in [0, 0.1) is 6.92 Å². The first kappa shape index (κ1) is 16.3. The van der Waals surface area contributed by atoms with Crippen LogP contribution < -0.4 is 5.32 Å². The Hall–Kier alpha value is -2.22. The Bertz CT molecular complexity index is 1050. The number of benzene rings is 1. The van der Waals surface area contributed by atoms with Gasteiger partial charge in [-0.1, -0.05) is 23.7 Å². The number of halogens is 1. The van der Waals surface area contributed by atoms with E-state index >= 15 is 0 Å². The van der Waals surface area contributed by atoms with Gasteiger partial charge in [0.15, 0.2) is 4.96 Å². The highest BCUT2D eigenvalue weighted by Gasteiger charge is 2.13. The van der Waals surface area contributed by atoms with Gasteiger partial charge in [0.1, 0.15) is 5.00 Å². The van der Waals surface area contributed by atoms with Gasteiger partial charge in [0.25, 0.3) is 0 Å². The number of hydrogen-bond acceptors (Lipinski definition) is 5. The lowest BCUT2D eigenvalue weighted by Crippen LogP contribution is -2.14. The molecule has 1 N–H and O–H groups in total. The van der Waals surface area contributed by atoms with Gasteiger partial charge in [-0.3, -0.25) is 9.20 Å². The minimum atomic E-state index is -0.0647. The molecule has 3 aromatic heterocycles. The van der Waals surface area contributed by atoms with E-state index in [0.717, 1.165) is 32.6 Å². The van der Waals surface area contributed by atoms with E-state index in [2.05, 4.69) is 14.7 Å². The molecule has 0 saturated carbocycles. The maximum atomic E-state index is 12.3. The number of nitrogens with zero attached hydrogens (tertiary/aromatic N) is 3. The Morgan fingerprint density at radius 2 is 2.12 bits per heavy atom. The molecule has 0 atom stereocenters. The summed E-state index contributed by atoms with van der Waals surface area (Å²) in [5.74, 6) is -0.0647. The van der Waals surface area contributed by atoms with Crippen molar-refractivity contribution >= 4 is 50.3 Å². The second kappa shape index (κ2) is 6.59. The summed E-state index contributed by atoms with van der Waals surface area (Å²) in [6.07, 6.45) is 2.24. The number of carbonyl (C=O) groups excluding carboxylic acids is 1. The number of hydrogen-bond donors (Lipinski definition) is 1. The molecular weight excluding hydrogens is 376 g/mol. The van der Waals surface area contributed by atoms with Crippen LogP contribution in [-0.2, 0) is 11.2 Å². The molecule has 0 spiro atoms. The van der Waals surface area contributed by atoms with Gasteiger partial charge in [-0.25, -0.2) is 4.98 Å². The van der Waals surface area contributed by atoms with Gasteiger partial charge in [0.2, 0.25) is 5.91 Å². The molecule has 0 aliphatic carbocycles. The van der Waals surface area contributed by atoms with Crippen LogP contribution in [-0.4, -0.2) is 19.7 Å². The van der Waals surface area contributed by atoms with Gasteiger partial charge in [0, 0.05) is 27.9 Å². The molecule has 0 aliphatic heterocycles. The molecule has 0 fully saturated rings. The van der Waals surface area contributed by atoms with Crippen molar-refractivity contribution in [1.29, 1.82) is 0 Å². The minimum absolute atomic E-state index is 0.0647. The number of aryl methyl sites for hydroxylation is 1. The average Bonchev–Trinajstić information content (AvgIpc) is 3.26. The first-order valence-electron chi connectivity index (χ1n) is 7.53. The number of amides is 1. The summed E-state index contributed by atoms with van der Waals surface area (Å²) in [5.41, 5.74) is 3.67. The van der Waals surface area contributed by atoms with Crippen LogP contribution >= 0.6 is 34.5 Å². The quantitative estimate of drug-likeness (QED) is 0.553. The third-order valence-corrected chi connectivity index (χ3v) is 5.59. The Kier molecular flexibility index (Phi) is 4.29. The third-order valence-electron chi connectivity index (χ3n) is 3.66. The van der Waals surface area contributed by atoms with E-state index in [1.165, 1.54) is 22.9 Å². The normalized spacial score (nSPS) is 11.1. The molecule has 0 unspecified atom stereocenters. The fraction of sp³-hybridized carbons (Fsp3) is 0.118. The Morgan fingerprint density at radius 1 is 1.32 bits per heavy atom. The maximum absolute atomic E-state index is 12.3. The first-order valence-corrected chi connectivity index (χ1v) is 9.56. The molecule has 4 rings (SSSR count). The highest BCUT2D eigenvalue weighted by Crippen LogP contribution is 2.25. The van der Waals surface area contributed by atoms with Crippen molar-refractivity contribution in [3.63, 3.8) is 0 Å². The van der Waals surface area contributed by atoms with E-state index < -0.39 is 0 Å². The van der Waals surface area contributed by atoms with Crippen LogP contribution in [0.15, 0.2) is 41.9 Å². The number of carbonyl (C=O) groups is 1. The molecule has 0 radical (unpaired) electrons. The molecule has 0 saturated heterocycles. The number of aromatic nitrogens is 3. The largest absolute Gasteiger partial charge is 0.316 e. The van der Waals surface area contributed by atoms with Crippen LogP contribution in [0.3, 0.4) is 0 Å². The number of nitrogens with one attached hydrogen (secondary N) is 1. The Morgan fingerprint density at radius 3 is 2.84 bits per heavy atom. The summed E-state index contributed by atoms with van der Waals surface area (Å²) < 4.78 is 6.13. The van der Waals surface area contributed by atoms with E-state index in [9.17, 15) is 4.79 Å². The lowest BCUT2D eigenvalue weighted by Gasteiger charge is -2.01. The summed E-state index contributed by atoms with van der Waals surface area (Å²) >= 11 is 8.74. The van der Waals surface area contributed by atoms with E-state index in [0.29, 0.717) is 5.02 Å². The van der Waals surface area contributed by atoms with Crippen LogP contribution in [0.1, 0.15) is 11.4 Å². The van der Waals surface area contributed by atoms with Crippen LogP contribution in [0.2, 0.25) is 5.02 Å². The second-order valence-corrected chi connectivity index (χ2v) is 7.65. The molecule has 0 aliphatic rings. The lowest BCUT2D eigenvalue weighted by molar-refractivity contribution is -0.115. The summed E-state index contributed by atoms with van der Waals surface area (Å²) in [6, 6.07) is 9.42. The van der Waals surface area contributed by atoms with Gasteiger partial charge in [0.05, 0.1) is 17.8 Å². The predicted molar refractivity (Wildman–Crippen MR) is 103 cm³/mol. The number of imidazole rings is 1. The number of fused-ring (bicyclic) bond motifs is 1. The summed E-state index contributed by atoms with van der Waals surface area (Å²) in [4.78, 5) is 17.8. The van der Waals surface area contributed by atoms with Crippen molar-refractivity contribution in [2.45, 2.75) is 13.3 Å². The van der Waals surface area contributed by atoms with Gasteiger partial charge in [-0.15, -0.1) is 11.3 Å². The summed E-state index contributed by atoms with van der Waals surface area (Å²) in [7, 11) is 0. The zero-order chi connectivity index (χ0) is 17.4. The molecule has 4 aromatic rings.